The molecule has 2 aromatic heterocycles. The summed E-state index contributed by atoms with van der Waals surface area (Å²) in [7, 11) is 0. The van der Waals surface area contributed by atoms with Crippen LogP contribution in [0, 0.1) is 0 Å². The Morgan fingerprint density at radius 2 is 2.22 bits per heavy atom. The first kappa shape index (κ1) is 17.6. The molecular weight excluding hydrogens is 308 g/mol. The van der Waals surface area contributed by atoms with Gasteiger partial charge in [-0.25, -0.2) is 0 Å². The predicted octanol–water partition coefficient (Wildman–Crippen LogP) is 3.27. The molecule has 2 aromatic rings. The van der Waals surface area contributed by atoms with E-state index in [4.69, 9.17) is 0 Å². The number of carbonyl (C=O) groups is 1. The van der Waals surface area contributed by atoms with Gasteiger partial charge in [0.2, 0.25) is 5.91 Å². The van der Waals surface area contributed by atoms with Gasteiger partial charge in [-0.2, -0.15) is 0 Å². The van der Waals surface area contributed by atoms with E-state index in [1.165, 1.54) is 4.88 Å². The Kier molecular flexibility index (Phi) is 7.23. The van der Waals surface area contributed by atoms with Gasteiger partial charge in [-0.1, -0.05) is 19.1 Å². The number of carbonyl (C=O) groups excluding carboxylic acids is 1. The standard InChI is InChI=1S/C18H24N2O2S/c1-2-16(14-21)20(13-15-7-3-4-11-19-15)18(22)10-5-8-17-9-6-12-23-17/h3-4,6-7,9,11-12,16,21H,2,5,8,10,13-14H2,1H3/t16-/m0/s1. The fourth-order valence-electron chi connectivity index (χ4n) is 2.55. The molecule has 4 nitrogen and oxygen atoms in total. The van der Waals surface area contributed by atoms with Crippen molar-refractivity contribution in [3.05, 3.63) is 52.5 Å². The molecule has 23 heavy (non-hydrogen) atoms. The van der Waals surface area contributed by atoms with Crippen LogP contribution in [0.3, 0.4) is 0 Å². The predicted molar refractivity (Wildman–Crippen MR) is 93.2 cm³/mol. The minimum Gasteiger partial charge on any atom is -0.394 e. The van der Waals surface area contributed by atoms with Gasteiger partial charge in [-0.15, -0.1) is 11.3 Å². The van der Waals surface area contributed by atoms with Gasteiger partial charge in [-0.3, -0.25) is 9.78 Å². The highest BCUT2D eigenvalue weighted by Gasteiger charge is 2.22. The van der Waals surface area contributed by atoms with Crippen molar-refractivity contribution in [1.82, 2.24) is 9.88 Å². The van der Waals surface area contributed by atoms with Crippen LogP contribution in [0.25, 0.3) is 0 Å². The zero-order chi connectivity index (χ0) is 16.5. The Balaban J connectivity index is 1.96. The van der Waals surface area contributed by atoms with Crippen LogP contribution < -0.4 is 0 Å². The zero-order valence-corrected chi connectivity index (χ0v) is 14.3. The van der Waals surface area contributed by atoms with E-state index in [1.54, 1.807) is 22.4 Å². The van der Waals surface area contributed by atoms with Gasteiger partial charge in [0, 0.05) is 17.5 Å². The second kappa shape index (κ2) is 9.43. The Morgan fingerprint density at radius 3 is 2.83 bits per heavy atom. The van der Waals surface area contributed by atoms with Crippen molar-refractivity contribution in [2.24, 2.45) is 0 Å². The quantitative estimate of drug-likeness (QED) is 0.767. The van der Waals surface area contributed by atoms with Gasteiger partial charge in [0.25, 0.3) is 0 Å². The molecule has 0 fully saturated rings. The fourth-order valence-corrected chi connectivity index (χ4v) is 3.30. The van der Waals surface area contributed by atoms with Gasteiger partial charge in [0.05, 0.1) is 24.9 Å². The number of hydrogen-bond donors (Lipinski definition) is 1. The lowest BCUT2D eigenvalue weighted by molar-refractivity contribution is -0.135. The number of amides is 1. The monoisotopic (exact) mass is 332 g/mol. The number of hydrogen-bond acceptors (Lipinski definition) is 4. The molecule has 0 unspecified atom stereocenters. The summed E-state index contributed by atoms with van der Waals surface area (Å²) in [6.45, 7) is 2.43. The van der Waals surface area contributed by atoms with Gasteiger partial charge >= 0.3 is 0 Å². The van der Waals surface area contributed by atoms with Crippen molar-refractivity contribution in [1.29, 1.82) is 0 Å². The second-order valence-corrected chi connectivity index (χ2v) is 6.55. The molecule has 2 heterocycles. The molecule has 0 spiro atoms. The number of aliphatic hydroxyl groups is 1. The van der Waals surface area contributed by atoms with Gasteiger partial charge in [-0.05, 0) is 42.8 Å². The van der Waals surface area contributed by atoms with E-state index in [9.17, 15) is 9.90 Å². The lowest BCUT2D eigenvalue weighted by Gasteiger charge is -2.30. The molecule has 0 aromatic carbocycles. The van der Waals surface area contributed by atoms with E-state index in [0.717, 1.165) is 25.0 Å². The van der Waals surface area contributed by atoms with Crippen molar-refractivity contribution >= 4 is 17.2 Å². The minimum atomic E-state index is -0.147. The first-order valence-electron chi connectivity index (χ1n) is 8.07. The molecule has 0 saturated heterocycles. The number of aryl methyl sites for hydroxylation is 1. The maximum atomic E-state index is 12.6. The van der Waals surface area contributed by atoms with Crippen molar-refractivity contribution in [3.63, 3.8) is 0 Å². The number of thiophene rings is 1. The first-order chi connectivity index (χ1) is 11.2. The zero-order valence-electron chi connectivity index (χ0n) is 13.5. The van der Waals surface area contributed by atoms with Crippen molar-refractivity contribution < 1.29 is 9.90 Å². The molecule has 0 aliphatic carbocycles. The number of pyridine rings is 1. The topological polar surface area (TPSA) is 53.4 Å². The Hall–Kier alpha value is -1.72. The van der Waals surface area contributed by atoms with Crippen LogP contribution in [0.15, 0.2) is 41.9 Å². The van der Waals surface area contributed by atoms with Gasteiger partial charge in [0.1, 0.15) is 0 Å². The Bertz CT molecular complexity index is 568. The maximum Gasteiger partial charge on any atom is 0.223 e. The summed E-state index contributed by atoms with van der Waals surface area (Å²) in [6, 6.07) is 9.68. The summed E-state index contributed by atoms with van der Waals surface area (Å²) in [5.41, 5.74) is 0.853. The summed E-state index contributed by atoms with van der Waals surface area (Å²) in [5.74, 6) is 0.0908. The summed E-state index contributed by atoms with van der Waals surface area (Å²) >= 11 is 1.73. The molecule has 1 N–H and O–H groups in total. The number of aromatic nitrogens is 1. The van der Waals surface area contributed by atoms with Crippen LogP contribution in [0.2, 0.25) is 0 Å². The SMILES string of the molecule is CC[C@@H](CO)N(Cc1ccccn1)C(=O)CCCc1cccs1. The van der Waals surface area contributed by atoms with Crippen LogP contribution in [0.1, 0.15) is 36.8 Å². The molecule has 124 valence electrons. The highest BCUT2D eigenvalue weighted by molar-refractivity contribution is 7.09. The molecule has 0 aliphatic rings. The third kappa shape index (κ3) is 5.44. The van der Waals surface area contributed by atoms with E-state index in [0.29, 0.717) is 13.0 Å². The lowest BCUT2D eigenvalue weighted by atomic mass is 10.1. The van der Waals surface area contributed by atoms with E-state index in [-0.39, 0.29) is 18.6 Å². The van der Waals surface area contributed by atoms with E-state index in [2.05, 4.69) is 16.4 Å². The Labute approximate surface area is 141 Å². The Morgan fingerprint density at radius 1 is 1.35 bits per heavy atom. The maximum absolute atomic E-state index is 12.6. The third-order valence-corrected chi connectivity index (χ3v) is 4.83. The number of aliphatic hydroxyl groups excluding tert-OH is 1. The largest absolute Gasteiger partial charge is 0.394 e. The van der Waals surface area contributed by atoms with Gasteiger partial charge in [0.15, 0.2) is 0 Å². The normalized spacial score (nSPS) is 12.1. The van der Waals surface area contributed by atoms with Crippen LogP contribution >= 0.6 is 11.3 Å². The van der Waals surface area contributed by atoms with Crippen molar-refractivity contribution in [2.75, 3.05) is 6.61 Å². The number of nitrogens with zero attached hydrogens (tertiary/aromatic N) is 2. The van der Waals surface area contributed by atoms with Crippen molar-refractivity contribution in [2.45, 2.75) is 45.2 Å². The van der Waals surface area contributed by atoms with Gasteiger partial charge < -0.3 is 10.0 Å². The van der Waals surface area contributed by atoms with Crippen LogP contribution in [-0.2, 0) is 17.8 Å². The highest BCUT2D eigenvalue weighted by atomic mass is 32.1. The van der Waals surface area contributed by atoms with Crippen LogP contribution in [0.4, 0.5) is 0 Å². The minimum absolute atomic E-state index is 0.0139. The molecule has 0 radical (unpaired) electrons. The molecule has 0 aliphatic heterocycles. The smallest absolute Gasteiger partial charge is 0.223 e. The summed E-state index contributed by atoms with van der Waals surface area (Å²) < 4.78 is 0. The molecule has 0 saturated carbocycles. The summed E-state index contributed by atoms with van der Waals surface area (Å²) in [4.78, 5) is 20.0. The van der Waals surface area contributed by atoms with Crippen LogP contribution in [-0.4, -0.2) is 33.5 Å². The highest BCUT2D eigenvalue weighted by Crippen LogP contribution is 2.15. The number of rotatable bonds is 9. The lowest BCUT2D eigenvalue weighted by Crippen LogP contribution is -2.41. The summed E-state index contributed by atoms with van der Waals surface area (Å²) in [6.07, 6.45) is 4.73. The average molecular weight is 332 g/mol. The molecule has 1 amide bonds. The first-order valence-corrected chi connectivity index (χ1v) is 8.95. The second-order valence-electron chi connectivity index (χ2n) is 5.52. The average Bonchev–Trinajstić information content (AvgIpc) is 3.09. The van der Waals surface area contributed by atoms with Crippen LogP contribution in [0.5, 0.6) is 0 Å². The molecule has 1 atom stereocenters. The molecule has 2 rings (SSSR count). The van der Waals surface area contributed by atoms with Crippen molar-refractivity contribution in [3.8, 4) is 0 Å². The van der Waals surface area contributed by atoms with E-state index >= 15 is 0 Å². The molecule has 0 bridgehead atoms. The molecular formula is C18H24N2O2S. The van der Waals surface area contributed by atoms with E-state index in [1.807, 2.05) is 31.2 Å². The third-order valence-electron chi connectivity index (χ3n) is 3.90. The molecule has 5 heteroatoms. The fraction of sp³-hybridized carbons (Fsp3) is 0.444. The summed E-state index contributed by atoms with van der Waals surface area (Å²) in [5, 5.41) is 11.6. The van der Waals surface area contributed by atoms with E-state index < -0.39 is 0 Å².